The van der Waals surface area contributed by atoms with Crippen LogP contribution in [0.2, 0.25) is 0 Å². The number of carbonyl (C=O) groups excluding carboxylic acids is 2. The maximum Gasteiger partial charge on any atom is 0.343 e. The SMILES string of the molecule is COC(=O)COc1cccc(/C=C/Cn2cccc2C(=O)c2ccc(C)cc2)c1. The monoisotopic (exact) mass is 389 g/mol. The summed E-state index contributed by atoms with van der Waals surface area (Å²) in [5, 5.41) is 0. The molecule has 0 radical (unpaired) electrons. The van der Waals surface area contributed by atoms with Crippen LogP contribution in [-0.2, 0) is 16.1 Å². The second-order valence-electron chi connectivity index (χ2n) is 6.58. The van der Waals surface area contributed by atoms with Crippen molar-refractivity contribution < 1.29 is 19.1 Å². The van der Waals surface area contributed by atoms with Crippen molar-refractivity contribution >= 4 is 17.8 Å². The van der Waals surface area contributed by atoms with Crippen LogP contribution < -0.4 is 4.74 Å². The molecule has 0 N–H and O–H groups in total. The number of allylic oxidation sites excluding steroid dienone is 1. The molecule has 0 saturated carbocycles. The first-order chi connectivity index (χ1) is 14.1. The maximum absolute atomic E-state index is 12.8. The lowest BCUT2D eigenvalue weighted by Crippen LogP contribution is -2.12. The lowest BCUT2D eigenvalue weighted by molar-refractivity contribution is -0.142. The molecule has 1 heterocycles. The van der Waals surface area contributed by atoms with Crippen molar-refractivity contribution in [3.05, 3.63) is 95.3 Å². The third kappa shape index (κ3) is 5.45. The molecule has 0 aliphatic heterocycles. The number of methoxy groups -OCH3 is 1. The van der Waals surface area contributed by atoms with Gasteiger partial charge in [-0.05, 0) is 36.8 Å². The molecule has 3 aromatic rings. The topological polar surface area (TPSA) is 57.5 Å². The zero-order valence-corrected chi connectivity index (χ0v) is 16.5. The van der Waals surface area contributed by atoms with E-state index >= 15 is 0 Å². The third-order valence-electron chi connectivity index (χ3n) is 4.43. The smallest absolute Gasteiger partial charge is 0.343 e. The van der Waals surface area contributed by atoms with Gasteiger partial charge in [-0.1, -0.05) is 54.1 Å². The van der Waals surface area contributed by atoms with Crippen molar-refractivity contribution in [1.29, 1.82) is 0 Å². The molecule has 29 heavy (non-hydrogen) atoms. The molecular weight excluding hydrogens is 366 g/mol. The van der Waals surface area contributed by atoms with E-state index in [1.54, 1.807) is 6.07 Å². The van der Waals surface area contributed by atoms with Crippen molar-refractivity contribution in [1.82, 2.24) is 4.57 Å². The second kappa shape index (κ2) is 9.55. The van der Waals surface area contributed by atoms with Crippen LogP contribution in [0.25, 0.3) is 6.08 Å². The van der Waals surface area contributed by atoms with Gasteiger partial charge in [0, 0.05) is 18.3 Å². The maximum atomic E-state index is 12.8. The van der Waals surface area contributed by atoms with Crippen molar-refractivity contribution in [2.75, 3.05) is 13.7 Å². The first kappa shape index (κ1) is 20.1. The predicted molar refractivity (Wildman–Crippen MR) is 112 cm³/mol. The van der Waals surface area contributed by atoms with Gasteiger partial charge in [0.1, 0.15) is 5.75 Å². The highest BCUT2D eigenvalue weighted by molar-refractivity contribution is 6.08. The Morgan fingerprint density at radius 3 is 2.59 bits per heavy atom. The van der Waals surface area contributed by atoms with Gasteiger partial charge in [-0.3, -0.25) is 4.79 Å². The van der Waals surface area contributed by atoms with Crippen molar-refractivity contribution in [2.45, 2.75) is 13.5 Å². The van der Waals surface area contributed by atoms with Crippen molar-refractivity contribution in [3.63, 3.8) is 0 Å². The molecule has 5 heteroatoms. The summed E-state index contributed by atoms with van der Waals surface area (Å²) in [6.07, 6.45) is 5.82. The Kier molecular flexibility index (Phi) is 6.63. The summed E-state index contributed by atoms with van der Waals surface area (Å²) in [7, 11) is 1.32. The highest BCUT2D eigenvalue weighted by atomic mass is 16.6. The van der Waals surface area contributed by atoms with Crippen molar-refractivity contribution in [3.8, 4) is 5.75 Å². The number of aryl methyl sites for hydroxylation is 1. The molecule has 0 aliphatic rings. The number of nitrogens with zero attached hydrogens (tertiary/aromatic N) is 1. The van der Waals surface area contributed by atoms with Gasteiger partial charge in [-0.15, -0.1) is 0 Å². The Balaban J connectivity index is 1.66. The number of hydrogen-bond donors (Lipinski definition) is 0. The van der Waals surface area contributed by atoms with Gasteiger partial charge in [0.25, 0.3) is 0 Å². The third-order valence-corrected chi connectivity index (χ3v) is 4.43. The lowest BCUT2D eigenvalue weighted by atomic mass is 10.1. The number of carbonyl (C=O) groups is 2. The number of ether oxygens (including phenoxy) is 2. The average molecular weight is 389 g/mol. The van der Waals surface area contributed by atoms with Crippen LogP contribution in [0.15, 0.2) is 72.9 Å². The minimum Gasteiger partial charge on any atom is -0.482 e. The van der Waals surface area contributed by atoms with Gasteiger partial charge < -0.3 is 14.0 Å². The molecule has 0 aliphatic carbocycles. The number of esters is 1. The van der Waals surface area contributed by atoms with E-state index in [1.165, 1.54) is 7.11 Å². The minimum atomic E-state index is -0.427. The highest BCUT2D eigenvalue weighted by Gasteiger charge is 2.12. The van der Waals surface area contributed by atoms with E-state index in [-0.39, 0.29) is 12.4 Å². The molecule has 0 saturated heterocycles. The van der Waals surface area contributed by atoms with Crippen LogP contribution in [0.5, 0.6) is 5.75 Å². The van der Waals surface area contributed by atoms with E-state index in [2.05, 4.69) is 4.74 Å². The number of hydrogen-bond acceptors (Lipinski definition) is 4. The van der Waals surface area contributed by atoms with E-state index in [4.69, 9.17) is 4.74 Å². The summed E-state index contributed by atoms with van der Waals surface area (Å²) in [6, 6.07) is 18.7. The normalized spacial score (nSPS) is 10.8. The molecule has 0 fully saturated rings. The van der Waals surface area contributed by atoms with Gasteiger partial charge in [0.2, 0.25) is 5.78 Å². The Hall–Kier alpha value is -3.60. The Bertz CT molecular complexity index is 1020. The van der Waals surface area contributed by atoms with Gasteiger partial charge in [-0.25, -0.2) is 4.79 Å². The number of benzene rings is 2. The number of rotatable bonds is 8. The van der Waals surface area contributed by atoms with Gasteiger partial charge in [0.05, 0.1) is 12.8 Å². The Labute approximate surface area is 170 Å². The van der Waals surface area contributed by atoms with Gasteiger partial charge >= 0.3 is 5.97 Å². The molecule has 5 nitrogen and oxygen atoms in total. The minimum absolute atomic E-state index is 0.00149. The van der Waals surface area contributed by atoms with Crippen LogP contribution in [0.3, 0.4) is 0 Å². The van der Waals surface area contributed by atoms with Crippen LogP contribution in [0.1, 0.15) is 27.2 Å². The molecular formula is C24H23NO4. The van der Waals surface area contributed by atoms with E-state index in [0.717, 1.165) is 11.1 Å². The van der Waals surface area contributed by atoms with Crippen LogP contribution >= 0.6 is 0 Å². The zero-order valence-electron chi connectivity index (χ0n) is 16.5. The molecule has 0 spiro atoms. The fraction of sp³-hybridized carbons (Fsp3) is 0.167. The van der Waals surface area contributed by atoms with Crippen LogP contribution in [-0.4, -0.2) is 30.0 Å². The number of aromatic nitrogens is 1. The van der Waals surface area contributed by atoms with Crippen LogP contribution in [0, 0.1) is 6.92 Å². The molecule has 0 atom stereocenters. The summed E-state index contributed by atoms with van der Waals surface area (Å²) in [5.74, 6) is 0.166. The van der Waals surface area contributed by atoms with E-state index in [9.17, 15) is 9.59 Å². The fourth-order valence-electron chi connectivity index (χ4n) is 2.84. The first-order valence-electron chi connectivity index (χ1n) is 9.29. The van der Waals surface area contributed by atoms with Crippen molar-refractivity contribution in [2.24, 2.45) is 0 Å². The summed E-state index contributed by atoms with van der Waals surface area (Å²) < 4.78 is 11.9. The van der Waals surface area contributed by atoms with Crippen LogP contribution in [0.4, 0.5) is 0 Å². The molecule has 0 unspecified atom stereocenters. The average Bonchev–Trinajstić information content (AvgIpc) is 3.21. The molecule has 2 aromatic carbocycles. The van der Waals surface area contributed by atoms with E-state index in [0.29, 0.717) is 23.6 Å². The first-order valence-corrected chi connectivity index (χ1v) is 9.29. The van der Waals surface area contributed by atoms with Gasteiger partial charge in [-0.2, -0.15) is 0 Å². The Morgan fingerprint density at radius 2 is 1.83 bits per heavy atom. The molecule has 1 aromatic heterocycles. The summed E-state index contributed by atoms with van der Waals surface area (Å²) in [4.78, 5) is 24.0. The Morgan fingerprint density at radius 1 is 1.03 bits per heavy atom. The quantitative estimate of drug-likeness (QED) is 0.426. The summed E-state index contributed by atoms with van der Waals surface area (Å²) in [6.45, 7) is 2.43. The highest BCUT2D eigenvalue weighted by Crippen LogP contribution is 2.16. The zero-order chi connectivity index (χ0) is 20.6. The number of ketones is 1. The molecule has 0 bridgehead atoms. The van der Waals surface area contributed by atoms with E-state index in [1.807, 2.05) is 84.4 Å². The summed E-state index contributed by atoms with van der Waals surface area (Å²) in [5.41, 5.74) is 3.38. The fourth-order valence-corrected chi connectivity index (χ4v) is 2.84. The standard InChI is InChI=1S/C24H23NO4/c1-18-10-12-20(13-11-18)24(27)22-9-5-15-25(22)14-4-7-19-6-3-8-21(16-19)29-17-23(26)28-2/h3-13,15-16H,14,17H2,1-2H3/b7-4+. The largest absolute Gasteiger partial charge is 0.482 e. The molecule has 3 rings (SSSR count). The predicted octanol–water partition coefficient (Wildman–Crippen LogP) is 4.29. The van der Waals surface area contributed by atoms with Gasteiger partial charge in [0.15, 0.2) is 6.61 Å². The molecule has 148 valence electrons. The van der Waals surface area contributed by atoms with E-state index < -0.39 is 5.97 Å². The second-order valence-corrected chi connectivity index (χ2v) is 6.58. The molecule has 0 amide bonds. The summed E-state index contributed by atoms with van der Waals surface area (Å²) >= 11 is 0. The lowest BCUT2D eigenvalue weighted by Gasteiger charge is -2.07.